The summed E-state index contributed by atoms with van der Waals surface area (Å²) in [5.74, 6) is -0.903. The molecule has 100 valence electrons. The Labute approximate surface area is 117 Å². The van der Waals surface area contributed by atoms with Crippen molar-refractivity contribution in [1.29, 1.82) is 0 Å². The molecule has 1 aromatic rings. The highest BCUT2D eigenvalue weighted by molar-refractivity contribution is 9.10. The summed E-state index contributed by atoms with van der Waals surface area (Å²) in [5, 5.41) is 12.4. The van der Waals surface area contributed by atoms with E-state index in [0.717, 1.165) is 10.9 Å². The summed E-state index contributed by atoms with van der Waals surface area (Å²) in [6.07, 6.45) is 4.65. The molecule has 1 unspecified atom stereocenters. The maximum atomic E-state index is 11.2. The lowest BCUT2D eigenvalue weighted by atomic mass is 10.1. The Hall–Kier alpha value is -1.03. The largest absolute Gasteiger partial charge is 0.478 e. The summed E-state index contributed by atoms with van der Waals surface area (Å²) in [6.45, 7) is 4.26. The number of carboxylic acid groups (broad SMARTS) is 1. The highest BCUT2D eigenvalue weighted by atomic mass is 79.9. The second-order valence-electron chi connectivity index (χ2n) is 4.54. The molecule has 1 atom stereocenters. The Kier molecular flexibility index (Phi) is 6.19. The van der Waals surface area contributed by atoms with Crippen molar-refractivity contribution in [2.75, 3.05) is 5.32 Å². The van der Waals surface area contributed by atoms with E-state index in [9.17, 15) is 4.79 Å². The van der Waals surface area contributed by atoms with Gasteiger partial charge in [-0.2, -0.15) is 0 Å². The van der Waals surface area contributed by atoms with E-state index in [1.807, 2.05) is 12.1 Å². The van der Waals surface area contributed by atoms with Crippen molar-refractivity contribution in [2.45, 2.75) is 45.6 Å². The van der Waals surface area contributed by atoms with E-state index in [0.29, 0.717) is 11.3 Å². The molecule has 18 heavy (non-hydrogen) atoms. The average molecular weight is 314 g/mol. The normalized spacial score (nSPS) is 12.2. The molecule has 0 saturated carbocycles. The maximum Gasteiger partial charge on any atom is 0.337 e. The predicted molar refractivity (Wildman–Crippen MR) is 78.3 cm³/mol. The molecule has 0 aliphatic carbocycles. The van der Waals surface area contributed by atoms with Gasteiger partial charge in [-0.15, -0.1) is 0 Å². The monoisotopic (exact) mass is 313 g/mol. The van der Waals surface area contributed by atoms with Gasteiger partial charge in [0.2, 0.25) is 0 Å². The first kappa shape index (κ1) is 15.0. The zero-order valence-corrected chi connectivity index (χ0v) is 12.5. The molecule has 0 bridgehead atoms. The minimum atomic E-state index is -0.903. The fraction of sp³-hybridized carbons (Fsp3) is 0.500. The maximum absolute atomic E-state index is 11.2. The summed E-state index contributed by atoms with van der Waals surface area (Å²) in [7, 11) is 0. The van der Waals surface area contributed by atoms with Crippen LogP contribution in [0.4, 0.5) is 5.69 Å². The number of rotatable bonds is 7. The Bertz CT molecular complexity index is 407. The van der Waals surface area contributed by atoms with E-state index < -0.39 is 5.97 Å². The number of carboxylic acids is 1. The van der Waals surface area contributed by atoms with Gasteiger partial charge in [-0.3, -0.25) is 0 Å². The van der Waals surface area contributed by atoms with Crippen LogP contribution in [0.15, 0.2) is 22.7 Å². The van der Waals surface area contributed by atoms with Gasteiger partial charge in [0.15, 0.2) is 0 Å². The molecular weight excluding hydrogens is 294 g/mol. The van der Waals surface area contributed by atoms with Crippen LogP contribution in [0.1, 0.15) is 49.9 Å². The first-order valence-electron chi connectivity index (χ1n) is 6.34. The molecule has 3 nitrogen and oxygen atoms in total. The molecule has 0 aromatic heterocycles. The second kappa shape index (κ2) is 7.41. The fourth-order valence-electron chi connectivity index (χ4n) is 1.86. The Morgan fingerprint density at radius 2 is 2.17 bits per heavy atom. The topological polar surface area (TPSA) is 49.3 Å². The van der Waals surface area contributed by atoms with Crippen LogP contribution in [0.25, 0.3) is 0 Å². The first-order chi connectivity index (χ1) is 8.54. The zero-order valence-electron chi connectivity index (χ0n) is 10.9. The summed E-state index contributed by atoms with van der Waals surface area (Å²) in [4.78, 5) is 11.2. The molecule has 0 spiro atoms. The molecule has 0 radical (unpaired) electrons. The molecule has 1 rings (SSSR count). The van der Waals surface area contributed by atoms with Gasteiger partial charge < -0.3 is 10.4 Å². The van der Waals surface area contributed by atoms with E-state index in [-0.39, 0.29) is 6.04 Å². The third-order valence-electron chi connectivity index (χ3n) is 2.85. The van der Waals surface area contributed by atoms with Crippen LogP contribution in [0.5, 0.6) is 0 Å². The Morgan fingerprint density at radius 3 is 2.78 bits per heavy atom. The SMILES string of the molecule is CCCCCC(C)Nc1ccc(Br)cc1C(=O)O. The molecule has 0 aliphatic heterocycles. The number of hydrogen-bond donors (Lipinski definition) is 2. The smallest absolute Gasteiger partial charge is 0.337 e. The van der Waals surface area contributed by atoms with Crippen molar-refractivity contribution in [3.63, 3.8) is 0 Å². The number of carbonyl (C=O) groups is 1. The van der Waals surface area contributed by atoms with E-state index in [1.54, 1.807) is 6.07 Å². The average Bonchev–Trinajstić information content (AvgIpc) is 2.31. The molecule has 0 saturated heterocycles. The van der Waals surface area contributed by atoms with Crippen LogP contribution < -0.4 is 5.32 Å². The standard InChI is InChI=1S/C14H20BrNO2/c1-3-4-5-6-10(2)16-13-8-7-11(15)9-12(13)14(17)18/h7-10,16H,3-6H2,1-2H3,(H,17,18). The Morgan fingerprint density at radius 1 is 1.44 bits per heavy atom. The van der Waals surface area contributed by atoms with Gasteiger partial charge in [0, 0.05) is 16.2 Å². The minimum absolute atomic E-state index is 0.288. The number of aromatic carboxylic acids is 1. The molecule has 4 heteroatoms. The van der Waals surface area contributed by atoms with Gasteiger partial charge in [-0.05, 0) is 31.5 Å². The lowest BCUT2D eigenvalue weighted by Gasteiger charge is -2.17. The minimum Gasteiger partial charge on any atom is -0.478 e. The number of unbranched alkanes of at least 4 members (excludes halogenated alkanes) is 2. The lowest BCUT2D eigenvalue weighted by Crippen LogP contribution is -2.17. The number of halogens is 1. The second-order valence-corrected chi connectivity index (χ2v) is 5.45. The molecular formula is C14H20BrNO2. The zero-order chi connectivity index (χ0) is 13.5. The van der Waals surface area contributed by atoms with Gasteiger partial charge in [0.05, 0.1) is 5.56 Å². The van der Waals surface area contributed by atoms with Gasteiger partial charge in [0.25, 0.3) is 0 Å². The molecule has 0 heterocycles. The Balaban J connectivity index is 2.68. The quantitative estimate of drug-likeness (QED) is 0.727. The summed E-state index contributed by atoms with van der Waals surface area (Å²) >= 11 is 3.29. The predicted octanol–water partition coefficient (Wildman–Crippen LogP) is 4.53. The van der Waals surface area contributed by atoms with E-state index >= 15 is 0 Å². The molecule has 1 aromatic carbocycles. The fourth-order valence-corrected chi connectivity index (χ4v) is 2.22. The van der Waals surface area contributed by atoms with E-state index in [2.05, 4.69) is 35.1 Å². The van der Waals surface area contributed by atoms with Crippen LogP contribution in [-0.4, -0.2) is 17.1 Å². The van der Waals surface area contributed by atoms with Crippen LogP contribution >= 0.6 is 15.9 Å². The summed E-state index contributed by atoms with van der Waals surface area (Å²) in [6, 6.07) is 5.58. The van der Waals surface area contributed by atoms with Crippen molar-refractivity contribution >= 4 is 27.6 Å². The number of nitrogens with one attached hydrogen (secondary N) is 1. The number of anilines is 1. The number of hydrogen-bond acceptors (Lipinski definition) is 2. The van der Waals surface area contributed by atoms with Crippen molar-refractivity contribution in [1.82, 2.24) is 0 Å². The summed E-state index contributed by atoms with van der Waals surface area (Å²) in [5.41, 5.74) is 1.00. The van der Waals surface area contributed by atoms with Gasteiger partial charge in [-0.25, -0.2) is 4.79 Å². The highest BCUT2D eigenvalue weighted by Crippen LogP contribution is 2.22. The van der Waals surface area contributed by atoms with Crippen LogP contribution in [0.2, 0.25) is 0 Å². The lowest BCUT2D eigenvalue weighted by molar-refractivity contribution is 0.0698. The molecule has 2 N–H and O–H groups in total. The first-order valence-corrected chi connectivity index (χ1v) is 7.13. The third-order valence-corrected chi connectivity index (χ3v) is 3.35. The van der Waals surface area contributed by atoms with Crippen molar-refractivity contribution in [2.24, 2.45) is 0 Å². The van der Waals surface area contributed by atoms with Crippen molar-refractivity contribution in [3.05, 3.63) is 28.2 Å². The number of benzene rings is 1. The highest BCUT2D eigenvalue weighted by Gasteiger charge is 2.12. The van der Waals surface area contributed by atoms with Crippen LogP contribution in [0, 0.1) is 0 Å². The van der Waals surface area contributed by atoms with Crippen molar-refractivity contribution in [3.8, 4) is 0 Å². The van der Waals surface area contributed by atoms with Gasteiger partial charge in [0.1, 0.15) is 0 Å². The van der Waals surface area contributed by atoms with Crippen LogP contribution in [-0.2, 0) is 0 Å². The van der Waals surface area contributed by atoms with Gasteiger partial charge in [-0.1, -0.05) is 42.1 Å². The third kappa shape index (κ3) is 4.69. The van der Waals surface area contributed by atoms with E-state index in [1.165, 1.54) is 19.3 Å². The van der Waals surface area contributed by atoms with Crippen molar-refractivity contribution < 1.29 is 9.90 Å². The van der Waals surface area contributed by atoms with Gasteiger partial charge >= 0.3 is 5.97 Å². The molecule has 0 fully saturated rings. The van der Waals surface area contributed by atoms with E-state index in [4.69, 9.17) is 5.11 Å². The summed E-state index contributed by atoms with van der Waals surface area (Å²) < 4.78 is 0.782. The molecule has 0 amide bonds. The van der Waals surface area contributed by atoms with Crippen LogP contribution in [0.3, 0.4) is 0 Å². The molecule has 0 aliphatic rings.